The third kappa shape index (κ3) is 5.24. The summed E-state index contributed by atoms with van der Waals surface area (Å²) in [5.41, 5.74) is 2.48. The highest BCUT2D eigenvalue weighted by molar-refractivity contribution is 7.80. The fraction of sp³-hybridized carbons (Fsp3) is 0.240. The molecule has 2 aromatic carbocycles. The van der Waals surface area contributed by atoms with Crippen LogP contribution in [0.4, 0.5) is 11.4 Å². The van der Waals surface area contributed by atoms with E-state index in [0.29, 0.717) is 33.8 Å². The van der Waals surface area contributed by atoms with Crippen molar-refractivity contribution >= 4 is 63.5 Å². The van der Waals surface area contributed by atoms with Crippen LogP contribution in [0.15, 0.2) is 60.0 Å². The lowest BCUT2D eigenvalue weighted by Gasteiger charge is -2.24. The van der Waals surface area contributed by atoms with Crippen molar-refractivity contribution < 1.29 is 14.3 Å². The fourth-order valence-corrected chi connectivity index (χ4v) is 5.30. The molecule has 0 saturated carbocycles. The highest BCUT2D eigenvalue weighted by Gasteiger charge is 2.44. The Bertz CT molecular complexity index is 1190. The van der Waals surface area contributed by atoms with E-state index < -0.39 is 6.04 Å². The van der Waals surface area contributed by atoms with Crippen molar-refractivity contribution in [1.29, 1.82) is 0 Å². The number of ether oxygens (including phenoxy) is 1. The third-order valence-electron chi connectivity index (χ3n) is 5.70. The van der Waals surface area contributed by atoms with Crippen LogP contribution in [0.5, 0.6) is 5.75 Å². The lowest BCUT2D eigenvalue weighted by Crippen LogP contribution is -2.39. The van der Waals surface area contributed by atoms with E-state index in [2.05, 4.69) is 23.7 Å². The van der Waals surface area contributed by atoms with Crippen LogP contribution in [0.25, 0.3) is 0 Å². The second-order valence-corrected chi connectivity index (χ2v) is 9.70. The molecule has 6 nitrogen and oxygen atoms in total. The lowest BCUT2D eigenvalue weighted by atomic mass is 10.1. The van der Waals surface area contributed by atoms with Crippen molar-refractivity contribution in [2.24, 2.45) is 0 Å². The largest absolute Gasteiger partial charge is 0.497 e. The van der Waals surface area contributed by atoms with E-state index in [-0.39, 0.29) is 18.2 Å². The van der Waals surface area contributed by atoms with Crippen molar-refractivity contribution in [2.75, 3.05) is 23.9 Å². The number of methoxy groups -OCH3 is 1. The van der Waals surface area contributed by atoms with Gasteiger partial charge in [-0.3, -0.25) is 14.5 Å². The van der Waals surface area contributed by atoms with E-state index in [0.717, 1.165) is 6.42 Å². The summed E-state index contributed by atoms with van der Waals surface area (Å²) in [4.78, 5) is 31.0. The molecule has 1 fully saturated rings. The average molecular weight is 514 g/mol. The molecule has 1 saturated heterocycles. The minimum absolute atomic E-state index is 0.0154. The van der Waals surface area contributed by atoms with Crippen LogP contribution in [-0.2, 0) is 16.0 Å². The predicted molar refractivity (Wildman–Crippen MR) is 141 cm³/mol. The maximum Gasteiger partial charge on any atom is 0.256 e. The van der Waals surface area contributed by atoms with Crippen LogP contribution in [0.2, 0.25) is 5.02 Å². The smallest absolute Gasteiger partial charge is 0.256 e. The van der Waals surface area contributed by atoms with Gasteiger partial charge in [0.1, 0.15) is 11.8 Å². The first-order valence-corrected chi connectivity index (χ1v) is 12.4. The average Bonchev–Trinajstić information content (AvgIpc) is 3.33. The Kier molecular flexibility index (Phi) is 7.50. The molecule has 1 atom stereocenters. The zero-order valence-electron chi connectivity index (χ0n) is 18.8. The molecule has 4 rings (SSSR count). The summed E-state index contributed by atoms with van der Waals surface area (Å²) in [7, 11) is 1.58. The Balaban J connectivity index is 1.54. The number of hydrogen-bond acceptors (Lipinski definition) is 5. The standard InChI is InChI=1S/C25H24ClN3O3S2/c1-16-12-14-34-22(16)11-13-28-21(15-23(30)27-18-5-9-20(32-2)10-6-18)24(31)29(25(28)33)19-7-3-17(26)4-8-19/h3-10,12,14,21H,11,13,15H2,1-2H3,(H,27,30). The Hall–Kier alpha value is -2.94. The Morgan fingerprint density at radius 3 is 2.47 bits per heavy atom. The molecule has 3 aromatic rings. The van der Waals surface area contributed by atoms with Gasteiger partial charge in [-0.25, -0.2) is 0 Å². The van der Waals surface area contributed by atoms with Gasteiger partial charge in [-0.1, -0.05) is 11.6 Å². The summed E-state index contributed by atoms with van der Waals surface area (Å²) in [5, 5.41) is 5.88. The summed E-state index contributed by atoms with van der Waals surface area (Å²) in [5.74, 6) is 0.213. The number of amides is 2. The van der Waals surface area contributed by atoms with E-state index in [1.54, 1.807) is 67.0 Å². The van der Waals surface area contributed by atoms with Crippen LogP contribution in [0.1, 0.15) is 16.9 Å². The quantitative estimate of drug-likeness (QED) is 0.414. The number of thiocarbonyl (C=S) groups is 1. The molecule has 0 aliphatic carbocycles. The number of carbonyl (C=O) groups is 2. The second kappa shape index (κ2) is 10.5. The van der Waals surface area contributed by atoms with Gasteiger partial charge in [0.15, 0.2) is 5.11 Å². The predicted octanol–water partition coefficient (Wildman–Crippen LogP) is 5.29. The van der Waals surface area contributed by atoms with Gasteiger partial charge in [0, 0.05) is 22.1 Å². The number of hydrogen-bond donors (Lipinski definition) is 1. The number of anilines is 2. The summed E-state index contributed by atoms with van der Waals surface area (Å²) < 4.78 is 5.16. The first-order valence-electron chi connectivity index (χ1n) is 10.7. The van der Waals surface area contributed by atoms with E-state index in [4.69, 9.17) is 28.6 Å². The maximum absolute atomic E-state index is 13.5. The van der Waals surface area contributed by atoms with Crippen molar-refractivity contribution in [3.8, 4) is 5.75 Å². The van der Waals surface area contributed by atoms with Crippen molar-refractivity contribution in [1.82, 2.24) is 4.90 Å². The number of aryl methyl sites for hydroxylation is 1. The van der Waals surface area contributed by atoms with Crippen LogP contribution in [-0.4, -0.2) is 41.5 Å². The summed E-state index contributed by atoms with van der Waals surface area (Å²) in [6.07, 6.45) is 0.723. The SMILES string of the molecule is COc1ccc(NC(=O)CC2C(=O)N(c3ccc(Cl)cc3)C(=S)N2CCc2sccc2C)cc1. The Morgan fingerprint density at radius 2 is 1.85 bits per heavy atom. The van der Waals surface area contributed by atoms with Gasteiger partial charge < -0.3 is 15.0 Å². The van der Waals surface area contributed by atoms with Gasteiger partial charge in [0.05, 0.1) is 19.2 Å². The monoisotopic (exact) mass is 513 g/mol. The van der Waals surface area contributed by atoms with Crippen molar-refractivity contribution in [2.45, 2.75) is 25.8 Å². The highest BCUT2D eigenvalue weighted by Crippen LogP contribution is 2.29. The van der Waals surface area contributed by atoms with Gasteiger partial charge in [0.2, 0.25) is 5.91 Å². The zero-order valence-corrected chi connectivity index (χ0v) is 21.2. The van der Waals surface area contributed by atoms with E-state index >= 15 is 0 Å². The normalized spacial score (nSPS) is 15.7. The molecule has 0 bridgehead atoms. The van der Waals surface area contributed by atoms with Gasteiger partial charge in [0.25, 0.3) is 5.91 Å². The van der Waals surface area contributed by atoms with Gasteiger partial charge in [-0.2, -0.15) is 0 Å². The van der Waals surface area contributed by atoms with Crippen LogP contribution >= 0.6 is 35.2 Å². The molecule has 1 aliphatic rings. The summed E-state index contributed by atoms with van der Waals surface area (Å²) >= 11 is 13.4. The number of benzene rings is 2. The third-order valence-corrected chi connectivity index (χ3v) is 7.46. The molecule has 9 heteroatoms. The molecule has 0 radical (unpaired) electrons. The van der Waals surface area contributed by atoms with E-state index in [1.165, 1.54) is 15.3 Å². The molecular weight excluding hydrogens is 490 g/mol. The fourth-order valence-electron chi connectivity index (χ4n) is 3.86. The second-order valence-electron chi connectivity index (χ2n) is 7.90. The number of halogens is 1. The maximum atomic E-state index is 13.5. The van der Waals surface area contributed by atoms with Crippen molar-refractivity contribution in [3.63, 3.8) is 0 Å². The number of carbonyl (C=O) groups excluding carboxylic acids is 2. The zero-order chi connectivity index (χ0) is 24.2. The van der Waals surface area contributed by atoms with Gasteiger partial charge in [-0.05, 0) is 91.1 Å². The molecular formula is C25H24ClN3O3S2. The number of rotatable bonds is 8. The molecule has 176 valence electrons. The molecule has 1 aliphatic heterocycles. The molecule has 0 spiro atoms. The Morgan fingerprint density at radius 1 is 1.15 bits per heavy atom. The first-order chi connectivity index (χ1) is 16.4. The molecule has 34 heavy (non-hydrogen) atoms. The number of nitrogens with one attached hydrogen (secondary N) is 1. The topological polar surface area (TPSA) is 61.9 Å². The lowest BCUT2D eigenvalue weighted by molar-refractivity contribution is -0.124. The number of thiophene rings is 1. The first kappa shape index (κ1) is 24.2. The minimum Gasteiger partial charge on any atom is -0.497 e. The summed E-state index contributed by atoms with van der Waals surface area (Å²) in [6, 6.07) is 15.4. The summed E-state index contributed by atoms with van der Waals surface area (Å²) in [6.45, 7) is 2.61. The van der Waals surface area contributed by atoms with E-state index in [1.807, 2.05) is 4.90 Å². The Labute approximate surface area is 213 Å². The van der Waals surface area contributed by atoms with Crippen molar-refractivity contribution in [3.05, 3.63) is 75.4 Å². The van der Waals surface area contributed by atoms with Gasteiger partial charge in [-0.15, -0.1) is 11.3 Å². The molecule has 1 unspecified atom stereocenters. The number of nitrogens with zero attached hydrogens (tertiary/aromatic N) is 2. The van der Waals surface area contributed by atoms with Crippen LogP contribution in [0.3, 0.4) is 0 Å². The molecule has 1 aromatic heterocycles. The van der Waals surface area contributed by atoms with E-state index in [9.17, 15) is 9.59 Å². The highest BCUT2D eigenvalue weighted by atomic mass is 35.5. The minimum atomic E-state index is -0.693. The van der Waals surface area contributed by atoms with Gasteiger partial charge >= 0.3 is 0 Å². The van der Waals surface area contributed by atoms with Crippen LogP contribution < -0.4 is 15.0 Å². The molecule has 2 heterocycles. The molecule has 2 amide bonds. The molecule has 1 N–H and O–H groups in total. The van der Waals surface area contributed by atoms with Crippen LogP contribution in [0, 0.1) is 6.92 Å².